The van der Waals surface area contributed by atoms with Crippen molar-refractivity contribution in [1.29, 1.82) is 0 Å². The number of hydrogen-bond donors (Lipinski definition) is 2. The van der Waals surface area contributed by atoms with Crippen molar-refractivity contribution < 1.29 is 32.9 Å². The van der Waals surface area contributed by atoms with E-state index in [0.29, 0.717) is 23.9 Å². The molecular weight excluding hydrogens is 852 g/mol. The summed E-state index contributed by atoms with van der Waals surface area (Å²) in [6.45, 7) is 4.58. The van der Waals surface area contributed by atoms with Gasteiger partial charge in [-0.15, -0.1) is 0 Å². The molecule has 0 heterocycles. The number of nitrogens with one attached hydrogen (secondary N) is 1. The second kappa shape index (κ2) is 49.2. The molecule has 1 amide bonds. The van der Waals surface area contributed by atoms with Crippen LogP contribution in [0.3, 0.4) is 0 Å². The Kier molecular flexibility index (Phi) is 47.9. The Morgan fingerprint density at radius 2 is 0.896 bits per heavy atom. The summed E-state index contributed by atoms with van der Waals surface area (Å²) in [6.07, 6.45) is 65.6. The van der Waals surface area contributed by atoms with Crippen LogP contribution in [0.5, 0.6) is 0 Å². The van der Waals surface area contributed by atoms with Gasteiger partial charge in [0, 0.05) is 6.42 Å². The lowest BCUT2D eigenvalue weighted by Crippen LogP contribution is -2.46. The number of phosphoric ester groups is 1. The molecule has 0 aromatic rings. The number of rotatable bonds is 51. The molecule has 0 aliphatic rings. The van der Waals surface area contributed by atoms with E-state index < -0.39 is 20.0 Å². The predicted octanol–water partition coefficient (Wildman–Crippen LogP) is 16.3. The highest BCUT2D eigenvalue weighted by Crippen LogP contribution is 2.38. The first-order chi connectivity index (χ1) is 32.5. The number of quaternary nitrogens is 1. The molecule has 0 aromatic heterocycles. The van der Waals surface area contributed by atoms with Crippen LogP contribution in [0, 0.1) is 0 Å². The number of carbonyl (C=O) groups is 1. The van der Waals surface area contributed by atoms with E-state index in [2.05, 4.69) is 79.9 Å². The van der Waals surface area contributed by atoms with Crippen LogP contribution in [0.25, 0.3) is 0 Å². The van der Waals surface area contributed by atoms with Crippen LogP contribution in [-0.2, 0) is 18.4 Å². The fourth-order valence-corrected chi connectivity index (χ4v) is 8.86. The SMILES string of the molecule is CC/C=C\C/C=C\C/C=C\C/C=C\C/C=C\CCCC(=O)NC(COP(=O)([O-])OCC[N+](C)(C)C)C(O)CCCCCCCCCCCCCCCCCCCCCCCCCCCCCC. The summed E-state index contributed by atoms with van der Waals surface area (Å²) < 4.78 is 23.4. The van der Waals surface area contributed by atoms with E-state index in [1.54, 1.807) is 0 Å². The van der Waals surface area contributed by atoms with Crippen LogP contribution in [0.1, 0.15) is 251 Å². The highest BCUT2D eigenvalue weighted by atomic mass is 31.2. The van der Waals surface area contributed by atoms with Crippen molar-refractivity contribution in [1.82, 2.24) is 5.32 Å². The van der Waals surface area contributed by atoms with Crippen LogP contribution in [-0.4, -0.2) is 68.5 Å². The van der Waals surface area contributed by atoms with Gasteiger partial charge in [-0.3, -0.25) is 9.36 Å². The average molecular weight is 961 g/mol. The lowest BCUT2D eigenvalue weighted by Gasteiger charge is -2.30. The topological polar surface area (TPSA) is 108 Å². The molecule has 0 aliphatic heterocycles. The smallest absolute Gasteiger partial charge is 0.268 e. The van der Waals surface area contributed by atoms with Crippen molar-refractivity contribution in [3.05, 3.63) is 60.8 Å². The predicted molar refractivity (Wildman–Crippen MR) is 288 cm³/mol. The molecule has 0 spiro atoms. The van der Waals surface area contributed by atoms with E-state index in [1.165, 1.54) is 161 Å². The normalized spacial score (nSPS) is 14.4. The van der Waals surface area contributed by atoms with Crippen molar-refractivity contribution in [3.63, 3.8) is 0 Å². The maximum Gasteiger partial charge on any atom is 0.268 e. The van der Waals surface area contributed by atoms with E-state index in [1.807, 2.05) is 21.1 Å². The summed E-state index contributed by atoms with van der Waals surface area (Å²) in [4.78, 5) is 25.4. The number of aliphatic hydroxyl groups excluding tert-OH is 1. The Hall–Kier alpha value is -1.80. The minimum Gasteiger partial charge on any atom is -0.756 e. The molecule has 0 saturated heterocycles. The largest absolute Gasteiger partial charge is 0.756 e. The van der Waals surface area contributed by atoms with Crippen molar-refractivity contribution in [2.24, 2.45) is 0 Å². The molecule has 0 fully saturated rings. The first-order valence-corrected chi connectivity index (χ1v) is 29.6. The number of aliphatic hydroxyl groups is 1. The third-order valence-electron chi connectivity index (χ3n) is 12.5. The molecule has 0 radical (unpaired) electrons. The van der Waals surface area contributed by atoms with E-state index in [9.17, 15) is 19.4 Å². The highest BCUT2D eigenvalue weighted by Gasteiger charge is 2.24. The third kappa shape index (κ3) is 51.9. The van der Waals surface area contributed by atoms with Gasteiger partial charge >= 0.3 is 0 Å². The maximum atomic E-state index is 12.9. The van der Waals surface area contributed by atoms with Gasteiger partial charge in [0.05, 0.1) is 39.9 Å². The average Bonchev–Trinajstić information content (AvgIpc) is 3.29. The van der Waals surface area contributed by atoms with Gasteiger partial charge in [0.1, 0.15) is 13.2 Å². The lowest BCUT2D eigenvalue weighted by molar-refractivity contribution is -0.870. The second-order valence-electron chi connectivity index (χ2n) is 20.3. The number of carbonyl (C=O) groups excluding carboxylic acids is 1. The van der Waals surface area contributed by atoms with Crippen LogP contribution in [0.2, 0.25) is 0 Å². The van der Waals surface area contributed by atoms with Gasteiger partial charge in [-0.2, -0.15) is 0 Å². The molecule has 392 valence electrons. The van der Waals surface area contributed by atoms with E-state index in [-0.39, 0.29) is 25.5 Å². The quantitative estimate of drug-likeness (QED) is 0.0272. The molecule has 3 atom stereocenters. The van der Waals surface area contributed by atoms with Gasteiger partial charge in [-0.25, -0.2) is 0 Å². The summed E-state index contributed by atoms with van der Waals surface area (Å²) in [5, 5.41) is 14.0. The van der Waals surface area contributed by atoms with Crippen molar-refractivity contribution in [2.75, 3.05) is 40.9 Å². The van der Waals surface area contributed by atoms with Gasteiger partial charge in [0.2, 0.25) is 5.91 Å². The van der Waals surface area contributed by atoms with Gasteiger partial charge in [-0.05, 0) is 51.4 Å². The summed E-state index contributed by atoms with van der Waals surface area (Å²) >= 11 is 0. The standard InChI is InChI=1S/C58H109N2O6P/c1-6-8-10-12-14-16-18-20-22-24-25-26-27-28-29-30-31-32-33-34-36-37-39-41-43-45-47-49-51-57(61)56(55-66-67(63,64)65-54-53-60(3,4)5)59-58(62)52-50-48-46-44-42-40-38-35-23-21-19-17-15-13-11-9-7-2/h9,11,15,17,21,23,38,40,44,46,56-57,61H,6-8,10,12-14,16,18-20,22,24-37,39,41-43,45,47-55H2,1-5H3,(H-,59,62,63,64)/b11-9-,17-15-,23-21-,40-38-,46-44-. The molecule has 8 nitrogen and oxygen atoms in total. The number of phosphoric acid groups is 1. The highest BCUT2D eigenvalue weighted by molar-refractivity contribution is 7.45. The van der Waals surface area contributed by atoms with Gasteiger partial charge in [-0.1, -0.05) is 254 Å². The molecule has 9 heteroatoms. The lowest BCUT2D eigenvalue weighted by atomic mass is 10.0. The van der Waals surface area contributed by atoms with E-state index in [0.717, 1.165) is 57.8 Å². The minimum atomic E-state index is -4.59. The summed E-state index contributed by atoms with van der Waals surface area (Å²) in [5.41, 5.74) is 0. The minimum absolute atomic E-state index is 0.000705. The van der Waals surface area contributed by atoms with E-state index >= 15 is 0 Å². The first-order valence-electron chi connectivity index (χ1n) is 28.1. The molecule has 2 N–H and O–H groups in total. The van der Waals surface area contributed by atoms with Crippen molar-refractivity contribution in [3.8, 4) is 0 Å². The Balaban J connectivity index is 4.18. The maximum absolute atomic E-state index is 12.9. The summed E-state index contributed by atoms with van der Waals surface area (Å²) in [6, 6.07) is -0.834. The molecular formula is C58H109N2O6P. The number of allylic oxidation sites excluding steroid dienone is 10. The van der Waals surface area contributed by atoms with Crippen molar-refractivity contribution in [2.45, 2.75) is 264 Å². The van der Waals surface area contributed by atoms with Crippen LogP contribution in [0.15, 0.2) is 60.8 Å². The van der Waals surface area contributed by atoms with Gasteiger partial charge in [0.25, 0.3) is 7.82 Å². The fourth-order valence-electron chi connectivity index (χ4n) is 8.14. The zero-order valence-corrected chi connectivity index (χ0v) is 45.5. The van der Waals surface area contributed by atoms with Gasteiger partial charge < -0.3 is 28.8 Å². The van der Waals surface area contributed by atoms with Crippen LogP contribution < -0.4 is 10.2 Å². The summed E-state index contributed by atoms with van der Waals surface area (Å²) in [5.74, 6) is -0.220. The molecule has 3 unspecified atom stereocenters. The Morgan fingerprint density at radius 3 is 1.27 bits per heavy atom. The van der Waals surface area contributed by atoms with Gasteiger partial charge in [0.15, 0.2) is 0 Å². The number of nitrogens with zero attached hydrogens (tertiary/aromatic N) is 1. The zero-order valence-electron chi connectivity index (χ0n) is 44.6. The van der Waals surface area contributed by atoms with Crippen molar-refractivity contribution >= 4 is 13.7 Å². The van der Waals surface area contributed by atoms with Crippen LogP contribution in [0.4, 0.5) is 0 Å². The number of amides is 1. The molecule has 0 aliphatic carbocycles. The number of hydrogen-bond acceptors (Lipinski definition) is 6. The fraction of sp³-hybridized carbons (Fsp3) is 0.810. The molecule has 67 heavy (non-hydrogen) atoms. The summed E-state index contributed by atoms with van der Waals surface area (Å²) in [7, 11) is 1.27. The first kappa shape index (κ1) is 65.2. The zero-order chi connectivity index (χ0) is 49.2. The number of likely N-dealkylation sites (N-methyl/N-ethyl adjacent to an activating group) is 1. The van der Waals surface area contributed by atoms with E-state index in [4.69, 9.17) is 9.05 Å². The molecule has 0 bridgehead atoms. The molecule has 0 rings (SSSR count). The van der Waals surface area contributed by atoms with Crippen LogP contribution >= 0.6 is 7.82 Å². The third-order valence-corrected chi connectivity index (χ3v) is 13.5. The Bertz CT molecular complexity index is 1270. The molecule has 0 aromatic carbocycles. The number of unbranched alkanes of at least 4 members (excludes halogenated alkanes) is 28. The molecule has 0 saturated carbocycles. The Labute approximate surface area is 415 Å². The second-order valence-corrected chi connectivity index (χ2v) is 21.7. The Morgan fingerprint density at radius 1 is 0.537 bits per heavy atom. The monoisotopic (exact) mass is 961 g/mol.